The summed E-state index contributed by atoms with van der Waals surface area (Å²) in [6.45, 7) is 10.6. The van der Waals surface area contributed by atoms with Gasteiger partial charge in [-0.2, -0.15) is 5.10 Å². The first kappa shape index (κ1) is 19.4. The summed E-state index contributed by atoms with van der Waals surface area (Å²) < 4.78 is 6.11. The van der Waals surface area contributed by atoms with Crippen LogP contribution < -0.4 is 5.32 Å². The number of hydrogen-bond donors (Lipinski definition) is 2. The van der Waals surface area contributed by atoms with Crippen molar-refractivity contribution in [3.05, 3.63) is 17.5 Å². The number of ether oxygens (including phenoxy) is 1. The summed E-state index contributed by atoms with van der Waals surface area (Å²) in [5, 5.41) is 10.8. The van der Waals surface area contributed by atoms with Crippen molar-refractivity contribution in [3.8, 4) is 0 Å². The molecule has 5 heteroatoms. The summed E-state index contributed by atoms with van der Waals surface area (Å²) in [7, 11) is 4.17. The van der Waals surface area contributed by atoms with E-state index in [2.05, 4.69) is 48.2 Å². The molecule has 1 fully saturated rings. The fourth-order valence-corrected chi connectivity index (χ4v) is 3.36. The summed E-state index contributed by atoms with van der Waals surface area (Å²) in [4.78, 5) is 2.35. The molecular weight excluding hydrogens is 300 g/mol. The van der Waals surface area contributed by atoms with Crippen LogP contribution in [0.4, 0.5) is 0 Å². The summed E-state index contributed by atoms with van der Waals surface area (Å²) in [5.74, 6) is 0.606. The third kappa shape index (κ3) is 6.19. The highest BCUT2D eigenvalue weighted by atomic mass is 16.5. The smallest absolute Gasteiger partial charge is 0.0575 e. The van der Waals surface area contributed by atoms with Crippen LogP contribution in [0.3, 0.4) is 0 Å². The first-order valence-electron chi connectivity index (χ1n) is 9.36. The quantitative estimate of drug-likeness (QED) is 0.766. The highest BCUT2D eigenvalue weighted by molar-refractivity contribution is 5.21. The summed E-state index contributed by atoms with van der Waals surface area (Å²) in [6.07, 6.45) is 7.16. The molecule has 0 unspecified atom stereocenters. The van der Waals surface area contributed by atoms with Gasteiger partial charge < -0.3 is 15.0 Å². The molecule has 0 aromatic carbocycles. The lowest BCUT2D eigenvalue weighted by Crippen LogP contribution is -2.28. The van der Waals surface area contributed by atoms with Crippen molar-refractivity contribution < 1.29 is 4.74 Å². The van der Waals surface area contributed by atoms with Gasteiger partial charge in [0, 0.05) is 36.8 Å². The maximum Gasteiger partial charge on any atom is 0.0575 e. The largest absolute Gasteiger partial charge is 0.378 e. The lowest BCUT2D eigenvalue weighted by atomic mass is 9.84. The molecule has 5 nitrogen and oxygen atoms in total. The Bertz CT molecular complexity index is 472. The van der Waals surface area contributed by atoms with Crippen molar-refractivity contribution in [1.29, 1.82) is 0 Å². The van der Waals surface area contributed by atoms with Crippen LogP contribution in [0.2, 0.25) is 0 Å². The molecule has 2 rings (SSSR count). The Labute approximate surface area is 147 Å². The predicted octanol–water partition coefficient (Wildman–Crippen LogP) is 3.15. The molecule has 0 atom stereocenters. The maximum absolute atomic E-state index is 6.11. The van der Waals surface area contributed by atoms with Gasteiger partial charge in [-0.1, -0.05) is 20.8 Å². The Kier molecular flexibility index (Phi) is 7.26. The molecule has 1 saturated carbocycles. The van der Waals surface area contributed by atoms with E-state index in [4.69, 9.17) is 4.74 Å². The van der Waals surface area contributed by atoms with Gasteiger partial charge >= 0.3 is 0 Å². The molecule has 0 aliphatic heterocycles. The van der Waals surface area contributed by atoms with Crippen LogP contribution in [0.15, 0.2) is 6.20 Å². The van der Waals surface area contributed by atoms with Gasteiger partial charge in [0.1, 0.15) is 0 Å². The highest BCUT2D eigenvalue weighted by Gasteiger charge is 2.26. The van der Waals surface area contributed by atoms with Gasteiger partial charge in [0.05, 0.1) is 18.9 Å². The van der Waals surface area contributed by atoms with E-state index in [-0.39, 0.29) is 5.41 Å². The highest BCUT2D eigenvalue weighted by Crippen LogP contribution is 2.35. The van der Waals surface area contributed by atoms with Crippen LogP contribution in [-0.2, 0) is 11.3 Å². The normalized spacial score (nSPS) is 22.2. The van der Waals surface area contributed by atoms with E-state index in [0.29, 0.717) is 12.0 Å². The van der Waals surface area contributed by atoms with Gasteiger partial charge in [-0.3, -0.25) is 5.10 Å². The Morgan fingerprint density at radius 3 is 2.62 bits per heavy atom. The average molecular weight is 337 g/mol. The van der Waals surface area contributed by atoms with Crippen molar-refractivity contribution in [2.24, 2.45) is 5.41 Å². The van der Waals surface area contributed by atoms with Crippen molar-refractivity contribution in [2.45, 2.75) is 65.0 Å². The third-order valence-corrected chi connectivity index (χ3v) is 4.77. The Morgan fingerprint density at radius 2 is 2.00 bits per heavy atom. The second-order valence-electron chi connectivity index (χ2n) is 8.50. The zero-order chi connectivity index (χ0) is 17.6. The standard InChI is InChI=1S/C19H36N4O/c1-19(2,3)14-24-17-8-6-15(7-9-17)18-16(12-21-22-18)13-23(5)11-10-20-4/h12,15,17,20H,6-11,13-14H2,1-5H3,(H,21,22). The van der Waals surface area contributed by atoms with Crippen molar-refractivity contribution >= 4 is 0 Å². The summed E-state index contributed by atoms with van der Waals surface area (Å²) in [5.41, 5.74) is 2.96. The minimum absolute atomic E-state index is 0.255. The molecule has 1 heterocycles. The number of hydrogen-bond acceptors (Lipinski definition) is 4. The number of aromatic nitrogens is 2. The predicted molar refractivity (Wildman–Crippen MR) is 99.3 cm³/mol. The van der Waals surface area contributed by atoms with Crippen molar-refractivity contribution in [1.82, 2.24) is 20.4 Å². The Morgan fingerprint density at radius 1 is 1.29 bits per heavy atom. The fourth-order valence-electron chi connectivity index (χ4n) is 3.36. The number of rotatable bonds is 8. The summed E-state index contributed by atoms with van der Waals surface area (Å²) in [6, 6.07) is 0. The summed E-state index contributed by atoms with van der Waals surface area (Å²) >= 11 is 0. The Hall–Kier alpha value is -0.910. The second kappa shape index (κ2) is 8.97. The lowest BCUT2D eigenvalue weighted by molar-refractivity contribution is -0.0125. The van der Waals surface area contributed by atoms with Gasteiger partial charge in [-0.15, -0.1) is 0 Å². The molecule has 1 aliphatic rings. The molecule has 1 aromatic heterocycles. The number of likely N-dealkylation sites (N-methyl/N-ethyl adjacent to an activating group) is 2. The number of nitrogens with zero attached hydrogens (tertiary/aromatic N) is 2. The molecule has 0 bridgehead atoms. The van der Waals surface area contributed by atoms with E-state index in [0.717, 1.165) is 39.1 Å². The monoisotopic (exact) mass is 336 g/mol. The molecule has 0 amide bonds. The van der Waals surface area contributed by atoms with E-state index in [1.807, 2.05) is 13.2 Å². The van der Waals surface area contributed by atoms with Gasteiger partial charge in [0.2, 0.25) is 0 Å². The fraction of sp³-hybridized carbons (Fsp3) is 0.842. The first-order chi connectivity index (χ1) is 11.4. The van der Waals surface area contributed by atoms with E-state index in [1.54, 1.807) is 0 Å². The van der Waals surface area contributed by atoms with Crippen LogP contribution in [0, 0.1) is 5.41 Å². The topological polar surface area (TPSA) is 53.2 Å². The van der Waals surface area contributed by atoms with E-state index < -0.39 is 0 Å². The maximum atomic E-state index is 6.11. The molecule has 1 aromatic rings. The van der Waals surface area contributed by atoms with Crippen LogP contribution in [0.5, 0.6) is 0 Å². The molecule has 138 valence electrons. The van der Waals surface area contributed by atoms with Gasteiger partial charge in [-0.05, 0) is 45.2 Å². The van der Waals surface area contributed by atoms with Crippen LogP contribution in [-0.4, -0.2) is 55.0 Å². The number of nitrogens with one attached hydrogen (secondary N) is 2. The van der Waals surface area contributed by atoms with Crippen molar-refractivity contribution in [3.63, 3.8) is 0 Å². The van der Waals surface area contributed by atoms with E-state index >= 15 is 0 Å². The molecular formula is C19H36N4O. The molecule has 0 saturated heterocycles. The Balaban J connectivity index is 1.83. The average Bonchev–Trinajstić information content (AvgIpc) is 2.99. The number of H-pyrrole nitrogens is 1. The van der Waals surface area contributed by atoms with Crippen LogP contribution >= 0.6 is 0 Å². The minimum Gasteiger partial charge on any atom is -0.378 e. The van der Waals surface area contributed by atoms with E-state index in [9.17, 15) is 0 Å². The second-order valence-corrected chi connectivity index (χ2v) is 8.50. The number of aromatic amines is 1. The van der Waals surface area contributed by atoms with Gasteiger partial charge in [-0.25, -0.2) is 0 Å². The lowest BCUT2D eigenvalue weighted by Gasteiger charge is -2.31. The van der Waals surface area contributed by atoms with Crippen molar-refractivity contribution in [2.75, 3.05) is 33.8 Å². The molecule has 0 radical (unpaired) electrons. The molecule has 1 aliphatic carbocycles. The molecule has 0 spiro atoms. The van der Waals surface area contributed by atoms with Crippen LogP contribution in [0.1, 0.15) is 63.6 Å². The zero-order valence-electron chi connectivity index (χ0n) is 16.2. The van der Waals surface area contributed by atoms with E-state index in [1.165, 1.54) is 24.1 Å². The zero-order valence-corrected chi connectivity index (χ0v) is 16.2. The van der Waals surface area contributed by atoms with Gasteiger partial charge in [0.15, 0.2) is 0 Å². The SMILES string of the molecule is CNCCN(C)Cc1cn[nH]c1C1CCC(OCC(C)(C)C)CC1. The van der Waals surface area contributed by atoms with Gasteiger partial charge in [0.25, 0.3) is 0 Å². The molecule has 24 heavy (non-hydrogen) atoms. The molecule has 2 N–H and O–H groups in total. The first-order valence-corrected chi connectivity index (χ1v) is 9.36. The minimum atomic E-state index is 0.255. The van der Waals surface area contributed by atoms with Crippen LogP contribution in [0.25, 0.3) is 0 Å². The third-order valence-electron chi connectivity index (χ3n) is 4.77.